The molecule has 0 unspecified atom stereocenters. The van der Waals surface area contributed by atoms with Crippen LogP contribution in [0, 0.1) is 0 Å². The number of thiazole rings is 1. The molecular weight excluding hydrogens is 354 g/mol. The quantitative estimate of drug-likeness (QED) is 0.782. The lowest BCUT2D eigenvalue weighted by Gasteiger charge is -2.24. The van der Waals surface area contributed by atoms with Crippen LogP contribution in [0.5, 0.6) is 0 Å². The fraction of sp³-hybridized carbons (Fsp3) is 0.389. The van der Waals surface area contributed by atoms with Gasteiger partial charge < -0.3 is 9.47 Å². The molecule has 0 saturated heterocycles. The molecule has 2 heterocycles. The van der Waals surface area contributed by atoms with Crippen molar-refractivity contribution in [3.63, 3.8) is 0 Å². The van der Waals surface area contributed by atoms with Crippen LogP contribution in [0.4, 0.5) is 9.93 Å². The van der Waals surface area contributed by atoms with Gasteiger partial charge in [0.25, 0.3) is 0 Å². The van der Waals surface area contributed by atoms with E-state index in [1.165, 1.54) is 11.3 Å². The molecule has 0 spiro atoms. The van der Waals surface area contributed by atoms with Crippen molar-refractivity contribution in [3.05, 3.63) is 46.5 Å². The van der Waals surface area contributed by atoms with Gasteiger partial charge in [-0.25, -0.2) is 9.78 Å². The van der Waals surface area contributed by atoms with E-state index in [2.05, 4.69) is 10.3 Å². The molecule has 0 saturated carbocycles. The van der Waals surface area contributed by atoms with Gasteiger partial charge in [0.2, 0.25) is 0 Å². The maximum atomic E-state index is 12.1. The van der Waals surface area contributed by atoms with Gasteiger partial charge in [-0.3, -0.25) is 15.0 Å². The lowest BCUT2D eigenvalue weighted by atomic mass is 10.2. The second-order valence-corrected chi connectivity index (χ2v) is 6.92. The van der Waals surface area contributed by atoms with Crippen molar-refractivity contribution in [2.24, 2.45) is 0 Å². The molecule has 3 rings (SSSR count). The largest absolute Gasteiger partial charge is 0.460 e. The highest BCUT2D eigenvalue weighted by atomic mass is 32.1. The van der Waals surface area contributed by atoms with Gasteiger partial charge in [-0.2, -0.15) is 0 Å². The smallest absolute Gasteiger partial charge is 0.413 e. The molecule has 0 aliphatic carbocycles. The van der Waals surface area contributed by atoms with Crippen LogP contribution in [0.15, 0.2) is 30.3 Å². The van der Waals surface area contributed by atoms with Gasteiger partial charge in [-0.15, -0.1) is 0 Å². The number of aromatic nitrogens is 1. The van der Waals surface area contributed by atoms with E-state index in [0.717, 1.165) is 29.1 Å². The summed E-state index contributed by atoms with van der Waals surface area (Å²) in [5, 5.41) is 3.16. The highest BCUT2D eigenvalue weighted by Crippen LogP contribution is 2.28. The van der Waals surface area contributed by atoms with E-state index in [0.29, 0.717) is 18.3 Å². The Balaban J connectivity index is 1.49. The van der Waals surface area contributed by atoms with E-state index in [-0.39, 0.29) is 19.1 Å². The molecule has 0 bridgehead atoms. The number of fused-ring (bicyclic) bond motifs is 1. The molecular formula is C18H21N3O4S. The van der Waals surface area contributed by atoms with Gasteiger partial charge >= 0.3 is 12.1 Å². The molecule has 138 valence electrons. The molecule has 1 aliphatic heterocycles. The first-order chi connectivity index (χ1) is 12.6. The average molecular weight is 375 g/mol. The third-order valence-electron chi connectivity index (χ3n) is 3.89. The van der Waals surface area contributed by atoms with E-state index in [1.807, 2.05) is 35.2 Å². The minimum Gasteiger partial charge on any atom is -0.460 e. The Bertz CT molecular complexity index is 763. The minimum atomic E-state index is -0.500. The fourth-order valence-electron chi connectivity index (χ4n) is 2.66. The van der Waals surface area contributed by atoms with Crippen LogP contribution in [-0.4, -0.2) is 41.6 Å². The highest BCUT2D eigenvalue weighted by molar-refractivity contribution is 7.15. The lowest BCUT2D eigenvalue weighted by Crippen LogP contribution is -2.35. The first-order valence-electron chi connectivity index (χ1n) is 8.48. The zero-order valence-electron chi connectivity index (χ0n) is 14.6. The van der Waals surface area contributed by atoms with Crippen molar-refractivity contribution in [1.29, 1.82) is 0 Å². The molecule has 1 N–H and O–H groups in total. The molecule has 0 radical (unpaired) electrons. The van der Waals surface area contributed by atoms with Crippen LogP contribution in [0.25, 0.3) is 0 Å². The third kappa shape index (κ3) is 5.03. The van der Waals surface area contributed by atoms with Crippen molar-refractivity contribution in [1.82, 2.24) is 9.88 Å². The van der Waals surface area contributed by atoms with Crippen molar-refractivity contribution in [3.8, 4) is 0 Å². The first-order valence-corrected chi connectivity index (χ1v) is 9.30. The summed E-state index contributed by atoms with van der Waals surface area (Å²) in [5.41, 5.74) is 1.94. The van der Waals surface area contributed by atoms with Gasteiger partial charge in [-0.1, -0.05) is 41.7 Å². The summed E-state index contributed by atoms with van der Waals surface area (Å²) in [7, 11) is 0. The molecule has 7 nitrogen and oxygen atoms in total. The number of hydrogen-bond donors (Lipinski definition) is 1. The van der Waals surface area contributed by atoms with Crippen LogP contribution in [-0.2, 0) is 33.8 Å². The number of anilines is 1. The summed E-state index contributed by atoms with van der Waals surface area (Å²) in [6.07, 6.45) is 0.238. The number of nitrogens with zero attached hydrogens (tertiary/aromatic N) is 2. The Morgan fingerprint density at radius 1 is 1.27 bits per heavy atom. The summed E-state index contributed by atoms with van der Waals surface area (Å²) < 4.78 is 10.2. The van der Waals surface area contributed by atoms with E-state index < -0.39 is 6.09 Å². The van der Waals surface area contributed by atoms with Crippen LogP contribution in [0.2, 0.25) is 0 Å². The number of ether oxygens (including phenoxy) is 2. The number of carbonyl (C=O) groups is 2. The third-order valence-corrected chi connectivity index (χ3v) is 4.89. The molecule has 26 heavy (non-hydrogen) atoms. The second kappa shape index (κ2) is 8.77. The van der Waals surface area contributed by atoms with E-state index in [9.17, 15) is 9.59 Å². The standard InChI is InChI=1S/C18H21N3O4S/c1-2-24-18(23)20-17-19-14-8-9-21(10-15(14)26-17)11-16(22)25-12-13-6-4-3-5-7-13/h3-7H,2,8-12H2,1H3,(H,19,20,23). The molecule has 8 heteroatoms. The summed E-state index contributed by atoms with van der Waals surface area (Å²) in [6, 6.07) is 9.62. The number of amides is 1. The van der Waals surface area contributed by atoms with Crippen LogP contribution in [0.3, 0.4) is 0 Å². The molecule has 1 aromatic carbocycles. The predicted molar refractivity (Wildman–Crippen MR) is 98.0 cm³/mol. The summed E-state index contributed by atoms with van der Waals surface area (Å²) in [5.74, 6) is -0.244. The normalized spacial score (nSPS) is 13.7. The molecule has 0 atom stereocenters. The Hall–Kier alpha value is -2.45. The fourth-order valence-corrected chi connectivity index (χ4v) is 3.69. The lowest BCUT2D eigenvalue weighted by molar-refractivity contribution is -0.146. The van der Waals surface area contributed by atoms with Crippen LogP contribution < -0.4 is 5.32 Å². The van der Waals surface area contributed by atoms with Gasteiger partial charge in [0.05, 0.1) is 18.8 Å². The highest BCUT2D eigenvalue weighted by Gasteiger charge is 2.23. The van der Waals surface area contributed by atoms with E-state index in [4.69, 9.17) is 9.47 Å². The minimum absolute atomic E-state index is 0.241. The summed E-state index contributed by atoms with van der Waals surface area (Å²) in [6.45, 7) is 3.95. The van der Waals surface area contributed by atoms with E-state index in [1.54, 1.807) is 6.92 Å². The number of esters is 1. The zero-order chi connectivity index (χ0) is 18.4. The maximum Gasteiger partial charge on any atom is 0.413 e. The maximum absolute atomic E-state index is 12.1. The molecule has 1 aliphatic rings. The van der Waals surface area contributed by atoms with Gasteiger partial charge in [0, 0.05) is 24.4 Å². The number of rotatable bonds is 6. The van der Waals surface area contributed by atoms with Crippen LogP contribution in [0.1, 0.15) is 23.1 Å². The van der Waals surface area contributed by atoms with Crippen molar-refractivity contribution in [2.75, 3.05) is 25.0 Å². The molecule has 0 fully saturated rings. The monoisotopic (exact) mass is 375 g/mol. The van der Waals surface area contributed by atoms with Crippen molar-refractivity contribution in [2.45, 2.75) is 26.5 Å². The Kier molecular flexibility index (Phi) is 6.19. The number of carbonyl (C=O) groups excluding carboxylic acids is 2. The van der Waals surface area contributed by atoms with Crippen molar-refractivity contribution < 1.29 is 19.1 Å². The molecule has 1 amide bonds. The predicted octanol–water partition coefficient (Wildman–Crippen LogP) is 2.81. The Labute approximate surface area is 155 Å². The molecule has 1 aromatic heterocycles. The van der Waals surface area contributed by atoms with Gasteiger partial charge in [0.1, 0.15) is 6.61 Å². The summed E-state index contributed by atoms with van der Waals surface area (Å²) >= 11 is 1.41. The topological polar surface area (TPSA) is 80.8 Å². The van der Waals surface area contributed by atoms with E-state index >= 15 is 0 Å². The number of hydrogen-bond acceptors (Lipinski definition) is 7. The Morgan fingerprint density at radius 2 is 2.08 bits per heavy atom. The number of benzene rings is 1. The average Bonchev–Trinajstić information content (AvgIpc) is 3.02. The zero-order valence-corrected chi connectivity index (χ0v) is 15.4. The van der Waals surface area contributed by atoms with Gasteiger partial charge in [0.15, 0.2) is 5.13 Å². The Morgan fingerprint density at radius 3 is 2.85 bits per heavy atom. The first kappa shape index (κ1) is 18.3. The summed E-state index contributed by atoms with van der Waals surface area (Å²) in [4.78, 5) is 31.1. The number of nitrogens with one attached hydrogen (secondary N) is 1. The molecule has 2 aromatic rings. The van der Waals surface area contributed by atoms with Crippen molar-refractivity contribution >= 4 is 28.5 Å². The van der Waals surface area contributed by atoms with Gasteiger partial charge in [-0.05, 0) is 12.5 Å². The second-order valence-electron chi connectivity index (χ2n) is 5.84. The van der Waals surface area contributed by atoms with Crippen LogP contribution >= 0.6 is 11.3 Å². The SMILES string of the molecule is CCOC(=O)Nc1nc2c(s1)CN(CC(=O)OCc1ccccc1)CC2.